The van der Waals surface area contributed by atoms with E-state index in [1.165, 1.54) is 5.57 Å². The van der Waals surface area contributed by atoms with E-state index >= 15 is 0 Å². The molecule has 2 heteroatoms. The predicted octanol–water partition coefficient (Wildman–Crippen LogP) is 3.53. The lowest BCUT2D eigenvalue weighted by molar-refractivity contribution is 0.460. The van der Waals surface area contributed by atoms with Crippen molar-refractivity contribution in [3.05, 3.63) is 36.1 Å². The van der Waals surface area contributed by atoms with Gasteiger partial charge in [0, 0.05) is 5.92 Å². The summed E-state index contributed by atoms with van der Waals surface area (Å²) in [6.45, 7) is 4.18. The smallest absolute Gasteiger partial charge is 0.197 e. The molecular formula is C12H15NO. The molecule has 0 saturated heterocycles. The molecule has 1 aromatic heterocycles. The van der Waals surface area contributed by atoms with Crippen LogP contribution in [0.2, 0.25) is 0 Å². The molecule has 1 aliphatic carbocycles. The zero-order chi connectivity index (χ0) is 9.97. The maximum absolute atomic E-state index is 5.67. The first kappa shape index (κ1) is 9.25. The Bertz CT molecular complexity index is 371. The van der Waals surface area contributed by atoms with Crippen molar-refractivity contribution in [3.63, 3.8) is 0 Å². The number of oxazole rings is 1. The average molecular weight is 189 g/mol. The van der Waals surface area contributed by atoms with Gasteiger partial charge < -0.3 is 4.42 Å². The Labute approximate surface area is 84.3 Å². The van der Waals surface area contributed by atoms with Crippen molar-refractivity contribution < 1.29 is 4.42 Å². The number of rotatable bonds is 2. The molecule has 2 nitrogen and oxygen atoms in total. The Hall–Kier alpha value is -1.31. The molecule has 0 bridgehead atoms. The lowest BCUT2D eigenvalue weighted by atomic mass is 10.0. The van der Waals surface area contributed by atoms with Crippen LogP contribution in [0.3, 0.4) is 0 Å². The molecule has 0 radical (unpaired) electrons. The van der Waals surface area contributed by atoms with Crippen LogP contribution < -0.4 is 0 Å². The Morgan fingerprint density at radius 2 is 2.29 bits per heavy atom. The van der Waals surface area contributed by atoms with Gasteiger partial charge in [-0.15, -0.1) is 0 Å². The van der Waals surface area contributed by atoms with Gasteiger partial charge in [-0.3, -0.25) is 0 Å². The van der Waals surface area contributed by atoms with Crippen LogP contribution in [-0.2, 0) is 0 Å². The number of aromatic nitrogens is 1. The minimum absolute atomic E-state index is 0.364. The third kappa shape index (κ3) is 1.79. The molecule has 0 aromatic carbocycles. The van der Waals surface area contributed by atoms with E-state index in [1.807, 2.05) is 6.20 Å². The largest absolute Gasteiger partial charge is 0.441 e. The molecule has 1 heterocycles. The Kier molecular flexibility index (Phi) is 2.53. The average Bonchev–Trinajstić information content (AvgIpc) is 2.68. The maximum atomic E-state index is 5.67. The monoisotopic (exact) mass is 189 g/mol. The van der Waals surface area contributed by atoms with Crippen molar-refractivity contribution in [1.82, 2.24) is 4.98 Å². The molecule has 0 unspecified atom stereocenters. The fourth-order valence-corrected chi connectivity index (χ4v) is 1.51. The summed E-state index contributed by atoms with van der Waals surface area (Å²) in [4.78, 5) is 4.26. The molecule has 0 spiro atoms. The highest BCUT2D eigenvalue weighted by Crippen LogP contribution is 2.25. The molecule has 0 atom stereocenters. The minimum atomic E-state index is 0.364. The van der Waals surface area contributed by atoms with Crippen molar-refractivity contribution >= 4 is 5.57 Å². The van der Waals surface area contributed by atoms with Gasteiger partial charge in [-0.05, 0) is 18.4 Å². The van der Waals surface area contributed by atoms with Gasteiger partial charge in [0.2, 0.25) is 0 Å². The lowest BCUT2D eigenvalue weighted by Crippen LogP contribution is -1.86. The summed E-state index contributed by atoms with van der Waals surface area (Å²) in [6, 6.07) is 0. The van der Waals surface area contributed by atoms with Crippen molar-refractivity contribution in [2.24, 2.45) is 0 Å². The van der Waals surface area contributed by atoms with Gasteiger partial charge >= 0.3 is 0 Å². The van der Waals surface area contributed by atoms with Crippen molar-refractivity contribution in [2.75, 3.05) is 0 Å². The second-order valence-corrected chi connectivity index (χ2v) is 3.88. The summed E-state index contributed by atoms with van der Waals surface area (Å²) in [5.41, 5.74) is 1.26. The maximum Gasteiger partial charge on any atom is 0.197 e. The van der Waals surface area contributed by atoms with Gasteiger partial charge in [0.05, 0.1) is 6.20 Å². The first-order valence-corrected chi connectivity index (χ1v) is 5.09. The fraction of sp³-hybridized carbons (Fsp3) is 0.417. The van der Waals surface area contributed by atoms with Crippen LogP contribution in [-0.4, -0.2) is 4.98 Å². The summed E-state index contributed by atoms with van der Waals surface area (Å²) >= 11 is 0. The van der Waals surface area contributed by atoms with Crippen molar-refractivity contribution in [3.8, 4) is 0 Å². The highest BCUT2D eigenvalue weighted by Gasteiger charge is 2.11. The molecule has 0 N–H and O–H groups in total. The standard InChI is InChI=1S/C12H15NO/c1-9(2)12-13-8-11(14-12)10-6-4-3-5-7-10/h3-4,6,8-9H,5,7H2,1-2H3. The van der Waals surface area contributed by atoms with Gasteiger partial charge in [0.15, 0.2) is 11.7 Å². The SMILES string of the molecule is CC(C)c1ncc(C2=CC=CCC2)o1. The second-order valence-electron chi connectivity index (χ2n) is 3.88. The molecule has 0 aliphatic heterocycles. The van der Waals surface area contributed by atoms with E-state index in [9.17, 15) is 0 Å². The van der Waals surface area contributed by atoms with Crippen LogP contribution in [0.4, 0.5) is 0 Å². The Morgan fingerprint density at radius 3 is 2.86 bits per heavy atom. The normalized spacial score (nSPS) is 16.1. The molecule has 1 aromatic rings. The topological polar surface area (TPSA) is 26.0 Å². The third-order valence-electron chi connectivity index (χ3n) is 2.35. The van der Waals surface area contributed by atoms with E-state index in [1.54, 1.807) is 0 Å². The summed E-state index contributed by atoms with van der Waals surface area (Å²) in [6.07, 6.45) is 10.3. The highest BCUT2D eigenvalue weighted by molar-refractivity contribution is 5.63. The van der Waals surface area contributed by atoms with E-state index in [-0.39, 0.29) is 0 Å². The van der Waals surface area contributed by atoms with Crippen LogP contribution in [0.1, 0.15) is 44.3 Å². The molecule has 0 fully saturated rings. The molecule has 74 valence electrons. The zero-order valence-electron chi connectivity index (χ0n) is 8.66. The van der Waals surface area contributed by atoms with E-state index < -0.39 is 0 Å². The Morgan fingerprint density at radius 1 is 1.43 bits per heavy atom. The van der Waals surface area contributed by atoms with Crippen LogP contribution in [0, 0.1) is 0 Å². The van der Waals surface area contributed by atoms with Gasteiger partial charge in [-0.2, -0.15) is 0 Å². The fourth-order valence-electron chi connectivity index (χ4n) is 1.51. The molecule has 14 heavy (non-hydrogen) atoms. The first-order valence-electron chi connectivity index (χ1n) is 5.09. The number of nitrogens with zero attached hydrogens (tertiary/aromatic N) is 1. The Balaban J connectivity index is 2.24. The summed E-state index contributed by atoms with van der Waals surface area (Å²) in [5, 5.41) is 0. The van der Waals surface area contributed by atoms with Gasteiger partial charge in [-0.1, -0.05) is 32.1 Å². The molecular weight excluding hydrogens is 174 g/mol. The zero-order valence-corrected chi connectivity index (χ0v) is 8.66. The van der Waals surface area contributed by atoms with Crippen LogP contribution >= 0.6 is 0 Å². The predicted molar refractivity (Wildman–Crippen MR) is 56.9 cm³/mol. The summed E-state index contributed by atoms with van der Waals surface area (Å²) in [5.74, 6) is 2.12. The first-order chi connectivity index (χ1) is 6.77. The van der Waals surface area contributed by atoms with E-state index in [0.29, 0.717) is 5.92 Å². The van der Waals surface area contributed by atoms with Crippen LogP contribution in [0.5, 0.6) is 0 Å². The number of hydrogen-bond acceptors (Lipinski definition) is 2. The van der Waals surface area contributed by atoms with Crippen LogP contribution in [0.25, 0.3) is 5.57 Å². The van der Waals surface area contributed by atoms with Gasteiger partial charge in [0.25, 0.3) is 0 Å². The molecule has 2 rings (SSSR count). The van der Waals surface area contributed by atoms with Gasteiger partial charge in [-0.25, -0.2) is 4.98 Å². The lowest BCUT2D eigenvalue weighted by Gasteiger charge is -2.04. The second kappa shape index (κ2) is 3.82. The number of allylic oxidation sites excluding steroid dienone is 4. The van der Waals surface area contributed by atoms with E-state index in [2.05, 4.69) is 37.1 Å². The van der Waals surface area contributed by atoms with E-state index in [4.69, 9.17) is 4.42 Å². The summed E-state index contributed by atoms with van der Waals surface area (Å²) in [7, 11) is 0. The summed E-state index contributed by atoms with van der Waals surface area (Å²) < 4.78 is 5.67. The quantitative estimate of drug-likeness (QED) is 0.711. The molecule has 0 amide bonds. The van der Waals surface area contributed by atoms with Crippen LogP contribution in [0.15, 0.2) is 28.8 Å². The minimum Gasteiger partial charge on any atom is -0.441 e. The molecule has 0 saturated carbocycles. The number of hydrogen-bond donors (Lipinski definition) is 0. The third-order valence-corrected chi connectivity index (χ3v) is 2.35. The van der Waals surface area contributed by atoms with Crippen molar-refractivity contribution in [2.45, 2.75) is 32.6 Å². The molecule has 1 aliphatic rings. The van der Waals surface area contributed by atoms with Gasteiger partial charge in [0.1, 0.15) is 0 Å². The van der Waals surface area contributed by atoms with E-state index in [0.717, 1.165) is 24.5 Å². The highest BCUT2D eigenvalue weighted by atomic mass is 16.4. The van der Waals surface area contributed by atoms with Crippen molar-refractivity contribution in [1.29, 1.82) is 0 Å².